The van der Waals surface area contributed by atoms with Gasteiger partial charge < -0.3 is 19.2 Å². The van der Waals surface area contributed by atoms with Gasteiger partial charge in [0.2, 0.25) is 0 Å². The molecule has 2 rings (SSSR count). The zero-order valence-electron chi connectivity index (χ0n) is 11.7. The third-order valence-corrected chi connectivity index (χ3v) is 3.25. The van der Waals surface area contributed by atoms with Crippen molar-refractivity contribution in [1.82, 2.24) is 5.32 Å². The Morgan fingerprint density at radius 2 is 1.84 bits per heavy atom. The molecular formula is C15H19NO3. The molecule has 0 fully saturated rings. The van der Waals surface area contributed by atoms with Gasteiger partial charge in [-0.1, -0.05) is 0 Å². The molecule has 1 atom stereocenters. The largest absolute Gasteiger partial charge is 0.493 e. The minimum absolute atomic E-state index is 0.0681. The van der Waals surface area contributed by atoms with Crippen molar-refractivity contribution in [2.75, 3.05) is 21.3 Å². The zero-order chi connectivity index (χ0) is 13.8. The first-order valence-electron chi connectivity index (χ1n) is 6.13. The van der Waals surface area contributed by atoms with Gasteiger partial charge in [0.05, 0.1) is 32.8 Å². The second-order valence-corrected chi connectivity index (χ2v) is 4.34. The molecule has 2 aromatic rings. The molecule has 0 aliphatic rings. The van der Waals surface area contributed by atoms with Crippen molar-refractivity contribution in [1.29, 1.82) is 0 Å². The van der Waals surface area contributed by atoms with Gasteiger partial charge >= 0.3 is 0 Å². The van der Waals surface area contributed by atoms with Gasteiger partial charge in [0, 0.05) is 5.56 Å². The topological polar surface area (TPSA) is 43.6 Å². The molecule has 1 unspecified atom stereocenters. The maximum Gasteiger partial charge on any atom is 0.161 e. The first kappa shape index (κ1) is 13.5. The van der Waals surface area contributed by atoms with E-state index in [0.717, 1.165) is 28.2 Å². The van der Waals surface area contributed by atoms with Gasteiger partial charge in [0.25, 0.3) is 0 Å². The Morgan fingerprint density at radius 1 is 1.16 bits per heavy atom. The lowest BCUT2D eigenvalue weighted by Crippen LogP contribution is -2.18. The molecule has 1 aromatic carbocycles. The van der Waals surface area contributed by atoms with E-state index in [1.54, 1.807) is 26.7 Å². The Kier molecular flexibility index (Phi) is 4.12. The second kappa shape index (κ2) is 5.80. The molecule has 4 nitrogen and oxygen atoms in total. The first-order chi connectivity index (χ1) is 9.21. The zero-order valence-corrected chi connectivity index (χ0v) is 11.7. The number of furan rings is 1. The van der Waals surface area contributed by atoms with Gasteiger partial charge in [0.1, 0.15) is 0 Å². The number of methoxy groups -OCH3 is 2. The predicted molar refractivity (Wildman–Crippen MR) is 73.9 cm³/mol. The molecule has 0 aliphatic carbocycles. The minimum atomic E-state index is 0.0681. The van der Waals surface area contributed by atoms with Crippen LogP contribution in [0.2, 0.25) is 0 Å². The molecule has 0 bridgehead atoms. The third kappa shape index (κ3) is 2.58. The highest BCUT2D eigenvalue weighted by atomic mass is 16.5. The molecule has 0 saturated heterocycles. The van der Waals surface area contributed by atoms with E-state index >= 15 is 0 Å². The van der Waals surface area contributed by atoms with Crippen LogP contribution in [0.5, 0.6) is 11.5 Å². The van der Waals surface area contributed by atoms with Gasteiger partial charge in [-0.3, -0.25) is 0 Å². The van der Waals surface area contributed by atoms with Crippen LogP contribution in [-0.4, -0.2) is 21.3 Å². The highest BCUT2D eigenvalue weighted by Gasteiger charge is 2.18. The van der Waals surface area contributed by atoms with E-state index in [1.807, 2.05) is 25.2 Å². The molecule has 0 spiro atoms. The van der Waals surface area contributed by atoms with E-state index < -0.39 is 0 Å². The van der Waals surface area contributed by atoms with Crippen molar-refractivity contribution in [2.24, 2.45) is 0 Å². The van der Waals surface area contributed by atoms with Crippen LogP contribution in [0.4, 0.5) is 0 Å². The summed E-state index contributed by atoms with van der Waals surface area (Å²) in [6, 6.07) is 6.01. The first-order valence-corrected chi connectivity index (χ1v) is 6.13. The number of nitrogens with one attached hydrogen (secondary N) is 1. The monoisotopic (exact) mass is 261 g/mol. The number of benzene rings is 1. The van der Waals surface area contributed by atoms with Gasteiger partial charge in [-0.15, -0.1) is 0 Å². The lowest BCUT2D eigenvalue weighted by Gasteiger charge is -2.19. The Hall–Kier alpha value is -1.94. The molecule has 0 aliphatic heterocycles. The molecular weight excluding hydrogens is 242 g/mol. The Bertz CT molecular complexity index is 535. The third-order valence-electron chi connectivity index (χ3n) is 3.25. The summed E-state index contributed by atoms with van der Waals surface area (Å²) in [4.78, 5) is 0. The van der Waals surface area contributed by atoms with E-state index in [4.69, 9.17) is 13.9 Å². The van der Waals surface area contributed by atoms with Gasteiger partial charge in [0.15, 0.2) is 11.5 Å². The van der Waals surface area contributed by atoms with Crippen molar-refractivity contribution in [2.45, 2.75) is 13.0 Å². The Labute approximate surface area is 113 Å². The molecule has 0 saturated carbocycles. The van der Waals surface area contributed by atoms with Crippen LogP contribution in [0.3, 0.4) is 0 Å². The molecule has 1 heterocycles. The van der Waals surface area contributed by atoms with E-state index in [-0.39, 0.29) is 6.04 Å². The summed E-state index contributed by atoms with van der Waals surface area (Å²) in [5, 5.41) is 3.29. The molecule has 0 radical (unpaired) electrons. The lowest BCUT2D eigenvalue weighted by molar-refractivity contribution is 0.354. The normalized spacial score (nSPS) is 12.2. The van der Waals surface area contributed by atoms with Crippen molar-refractivity contribution in [3.05, 3.63) is 47.4 Å². The predicted octanol–water partition coefficient (Wildman–Crippen LogP) is 2.91. The standard InChI is InChI=1S/C15H19NO3/c1-10-7-13(17-3)14(18-4)8-12(10)15(16-2)11-5-6-19-9-11/h5-9,15-16H,1-4H3. The fraction of sp³-hybridized carbons (Fsp3) is 0.333. The Balaban J connectivity index is 2.48. The number of ether oxygens (including phenoxy) is 2. The number of aryl methyl sites for hydroxylation is 1. The molecule has 1 N–H and O–H groups in total. The Morgan fingerprint density at radius 3 is 2.37 bits per heavy atom. The van der Waals surface area contributed by atoms with Crippen LogP contribution >= 0.6 is 0 Å². The molecule has 1 aromatic heterocycles. The minimum Gasteiger partial charge on any atom is -0.493 e. The van der Waals surface area contributed by atoms with Crippen LogP contribution in [0.25, 0.3) is 0 Å². The number of hydrogen-bond acceptors (Lipinski definition) is 4. The van der Waals surface area contributed by atoms with Crippen molar-refractivity contribution >= 4 is 0 Å². The van der Waals surface area contributed by atoms with Crippen LogP contribution in [0.15, 0.2) is 35.1 Å². The van der Waals surface area contributed by atoms with Crippen LogP contribution < -0.4 is 14.8 Å². The van der Waals surface area contributed by atoms with E-state index in [1.165, 1.54) is 0 Å². The average molecular weight is 261 g/mol. The van der Waals surface area contributed by atoms with E-state index in [2.05, 4.69) is 12.2 Å². The van der Waals surface area contributed by atoms with Crippen molar-refractivity contribution in [3.8, 4) is 11.5 Å². The maximum atomic E-state index is 5.37. The molecule has 0 amide bonds. The summed E-state index contributed by atoms with van der Waals surface area (Å²) in [7, 11) is 5.21. The van der Waals surface area contributed by atoms with E-state index in [0.29, 0.717) is 0 Å². The van der Waals surface area contributed by atoms with Gasteiger partial charge in [-0.25, -0.2) is 0 Å². The fourth-order valence-corrected chi connectivity index (χ4v) is 2.25. The molecule has 102 valence electrons. The fourth-order valence-electron chi connectivity index (χ4n) is 2.25. The highest BCUT2D eigenvalue weighted by Crippen LogP contribution is 2.34. The van der Waals surface area contributed by atoms with E-state index in [9.17, 15) is 0 Å². The second-order valence-electron chi connectivity index (χ2n) is 4.34. The summed E-state index contributed by atoms with van der Waals surface area (Å²) >= 11 is 0. The quantitative estimate of drug-likeness (QED) is 0.898. The summed E-state index contributed by atoms with van der Waals surface area (Å²) in [5.41, 5.74) is 3.36. The van der Waals surface area contributed by atoms with Gasteiger partial charge in [-0.05, 0) is 43.3 Å². The summed E-state index contributed by atoms with van der Waals surface area (Å²) in [6.45, 7) is 2.06. The number of hydrogen-bond donors (Lipinski definition) is 1. The summed E-state index contributed by atoms with van der Waals surface area (Å²) in [6.07, 6.45) is 3.42. The average Bonchev–Trinajstić information content (AvgIpc) is 2.94. The van der Waals surface area contributed by atoms with Crippen molar-refractivity contribution in [3.63, 3.8) is 0 Å². The smallest absolute Gasteiger partial charge is 0.161 e. The van der Waals surface area contributed by atoms with Crippen molar-refractivity contribution < 1.29 is 13.9 Å². The lowest BCUT2D eigenvalue weighted by atomic mass is 9.96. The SMILES string of the molecule is CNC(c1ccoc1)c1cc(OC)c(OC)cc1C. The van der Waals surface area contributed by atoms with Crippen LogP contribution in [-0.2, 0) is 0 Å². The van der Waals surface area contributed by atoms with Crippen LogP contribution in [0.1, 0.15) is 22.7 Å². The maximum absolute atomic E-state index is 5.37. The van der Waals surface area contributed by atoms with Crippen LogP contribution in [0, 0.1) is 6.92 Å². The summed E-state index contributed by atoms with van der Waals surface area (Å²) < 4.78 is 15.8. The molecule has 19 heavy (non-hydrogen) atoms. The number of rotatable bonds is 5. The summed E-state index contributed by atoms with van der Waals surface area (Å²) in [5.74, 6) is 1.47. The van der Waals surface area contributed by atoms with Gasteiger partial charge in [-0.2, -0.15) is 0 Å². The highest BCUT2D eigenvalue weighted by molar-refractivity contribution is 5.49. The molecule has 4 heteroatoms.